The zero-order chi connectivity index (χ0) is 14.6. The summed E-state index contributed by atoms with van der Waals surface area (Å²) in [6.07, 6.45) is 8.63. The average Bonchev–Trinajstić information content (AvgIpc) is 3.01. The third-order valence-electron chi connectivity index (χ3n) is 9.02. The lowest BCUT2D eigenvalue weighted by molar-refractivity contribution is -0.153. The molecule has 7 atom stereocenters. The second-order valence-corrected chi connectivity index (χ2v) is 9.25. The molecule has 0 heterocycles. The molecule has 0 aromatic heterocycles. The van der Waals surface area contributed by atoms with Crippen molar-refractivity contribution in [3.8, 4) is 0 Å². The molecule has 5 saturated carbocycles. The Hall–Kier alpha value is -0.660. The smallest absolute Gasteiger partial charge is 0.140 e. The Balaban J connectivity index is 1.58. The first-order chi connectivity index (χ1) is 9.93. The SMILES string of the molecule is C[C@]12CC[C@@H]3[C@H](CC(=O)[C@]45C[C@H]4CC[C@]35C)[C@@H]1CCC2=O. The molecule has 0 saturated heterocycles. The van der Waals surface area contributed by atoms with E-state index in [4.69, 9.17) is 0 Å². The van der Waals surface area contributed by atoms with Gasteiger partial charge in [0.2, 0.25) is 0 Å². The van der Waals surface area contributed by atoms with Crippen LogP contribution in [-0.2, 0) is 9.59 Å². The summed E-state index contributed by atoms with van der Waals surface area (Å²) >= 11 is 0. The molecule has 0 N–H and O–H groups in total. The van der Waals surface area contributed by atoms with Crippen LogP contribution in [0.2, 0.25) is 0 Å². The van der Waals surface area contributed by atoms with E-state index in [0.29, 0.717) is 29.3 Å². The topological polar surface area (TPSA) is 34.1 Å². The van der Waals surface area contributed by atoms with E-state index in [-0.39, 0.29) is 16.2 Å². The number of carbonyl (C=O) groups excluding carboxylic acids is 2. The van der Waals surface area contributed by atoms with Gasteiger partial charge in [-0.15, -0.1) is 0 Å². The van der Waals surface area contributed by atoms with Gasteiger partial charge in [0.25, 0.3) is 0 Å². The van der Waals surface area contributed by atoms with Crippen LogP contribution in [0.15, 0.2) is 0 Å². The molecule has 5 aliphatic carbocycles. The second-order valence-electron chi connectivity index (χ2n) is 9.25. The molecule has 0 aromatic carbocycles. The highest BCUT2D eigenvalue weighted by molar-refractivity contribution is 5.92. The van der Waals surface area contributed by atoms with Crippen molar-refractivity contribution >= 4 is 11.6 Å². The molecule has 21 heavy (non-hydrogen) atoms. The Kier molecular flexibility index (Phi) is 2.12. The minimum atomic E-state index is -0.0934. The Labute approximate surface area is 127 Å². The van der Waals surface area contributed by atoms with Crippen molar-refractivity contribution in [3.05, 3.63) is 0 Å². The van der Waals surface area contributed by atoms with Crippen molar-refractivity contribution in [1.29, 1.82) is 0 Å². The van der Waals surface area contributed by atoms with Gasteiger partial charge in [0, 0.05) is 23.7 Å². The van der Waals surface area contributed by atoms with E-state index < -0.39 is 0 Å². The van der Waals surface area contributed by atoms with Gasteiger partial charge >= 0.3 is 0 Å². The molecule has 114 valence electrons. The van der Waals surface area contributed by atoms with Crippen LogP contribution in [0.5, 0.6) is 0 Å². The Morgan fingerprint density at radius 1 is 0.952 bits per heavy atom. The van der Waals surface area contributed by atoms with Crippen molar-refractivity contribution in [2.75, 3.05) is 0 Å². The summed E-state index contributed by atoms with van der Waals surface area (Å²) in [5, 5.41) is 0. The Morgan fingerprint density at radius 2 is 1.76 bits per heavy atom. The second kappa shape index (κ2) is 3.46. The maximum Gasteiger partial charge on any atom is 0.140 e. The standard InChI is InChI=1S/C19H26O2/c1-17-7-6-14-12(13(17)3-4-15(17)20)9-16(21)19-10-11(19)5-8-18(14,19)2/h11-14H,3-10H2,1-2H3/t11-,12-,13+,14-,17+,18-,19+/m1/s1. The van der Waals surface area contributed by atoms with Crippen LogP contribution in [-0.4, -0.2) is 11.6 Å². The van der Waals surface area contributed by atoms with Crippen molar-refractivity contribution in [3.63, 3.8) is 0 Å². The van der Waals surface area contributed by atoms with Crippen LogP contribution < -0.4 is 0 Å². The van der Waals surface area contributed by atoms with Gasteiger partial charge in [-0.1, -0.05) is 13.8 Å². The van der Waals surface area contributed by atoms with Crippen molar-refractivity contribution in [2.24, 2.45) is 39.9 Å². The lowest BCUT2D eigenvalue weighted by Crippen LogP contribution is -2.55. The molecule has 0 unspecified atom stereocenters. The molecule has 2 heteroatoms. The molecule has 1 spiro atoms. The number of hydrogen-bond acceptors (Lipinski definition) is 2. The predicted molar refractivity (Wildman–Crippen MR) is 79.6 cm³/mol. The molecule has 0 aliphatic heterocycles. The van der Waals surface area contributed by atoms with Gasteiger partial charge in [-0.05, 0) is 67.6 Å². The summed E-state index contributed by atoms with van der Waals surface area (Å²) in [6.45, 7) is 4.64. The zero-order valence-corrected chi connectivity index (χ0v) is 13.3. The summed E-state index contributed by atoms with van der Waals surface area (Å²) < 4.78 is 0. The quantitative estimate of drug-likeness (QED) is 0.679. The lowest BCUT2D eigenvalue weighted by Gasteiger charge is -2.56. The normalized spacial score (nSPS) is 61.0. The van der Waals surface area contributed by atoms with Crippen LogP contribution in [0, 0.1) is 39.9 Å². The van der Waals surface area contributed by atoms with Crippen LogP contribution in [0.4, 0.5) is 0 Å². The van der Waals surface area contributed by atoms with E-state index in [0.717, 1.165) is 31.6 Å². The summed E-state index contributed by atoms with van der Waals surface area (Å²) in [5.41, 5.74) is 0.263. The van der Waals surface area contributed by atoms with E-state index in [1.54, 1.807) is 0 Å². The largest absolute Gasteiger partial charge is 0.299 e. The molecule has 5 rings (SSSR count). The number of ketones is 2. The molecule has 2 nitrogen and oxygen atoms in total. The average molecular weight is 286 g/mol. The highest BCUT2D eigenvalue weighted by atomic mass is 16.1. The molecule has 5 aliphatic rings. The first-order valence-corrected chi connectivity index (χ1v) is 9.00. The van der Waals surface area contributed by atoms with Crippen LogP contribution in [0.3, 0.4) is 0 Å². The summed E-state index contributed by atoms with van der Waals surface area (Å²) in [4.78, 5) is 25.4. The number of fused-ring (bicyclic) bond motifs is 4. The molecule has 5 fully saturated rings. The molecule has 0 bridgehead atoms. The third kappa shape index (κ3) is 1.18. The predicted octanol–water partition coefficient (Wildman–Crippen LogP) is 3.78. The van der Waals surface area contributed by atoms with Crippen LogP contribution in [0.1, 0.15) is 65.2 Å². The highest BCUT2D eigenvalue weighted by Crippen LogP contribution is 2.80. The molecule has 0 amide bonds. The third-order valence-corrected chi connectivity index (χ3v) is 9.02. The summed E-state index contributed by atoms with van der Waals surface area (Å²) in [7, 11) is 0. The van der Waals surface area contributed by atoms with Crippen LogP contribution >= 0.6 is 0 Å². The van der Waals surface area contributed by atoms with E-state index >= 15 is 0 Å². The summed E-state index contributed by atoms with van der Waals surface area (Å²) in [5.74, 6) is 3.51. The first kappa shape index (κ1) is 12.8. The molecule has 0 aromatic rings. The van der Waals surface area contributed by atoms with Gasteiger partial charge in [-0.3, -0.25) is 9.59 Å². The van der Waals surface area contributed by atoms with Crippen molar-refractivity contribution in [2.45, 2.75) is 65.2 Å². The minimum absolute atomic E-state index is 0.0878. The Morgan fingerprint density at radius 3 is 2.52 bits per heavy atom. The summed E-state index contributed by atoms with van der Waals surface area (Å²) in [6, 6.07) is 0. The Bertz CT molecular complexity index is 566. The maximum absolute atomic E-state index is 13.0. The fourth-order valence-electron chi connectivity index (χ4n) is 7.78. The number of Topliss-reactive ketones (excluding diaryl/α,β-unsaturated/α-hetero) is 2. The fourth-order valence-corrected chi connectivity index (χ4v) is 7.78. The van der Waals surface area contributed by atoms with E-state index in [9.17, 15) is 9.59 Å². The molecule has 0 radical (unpaired) electrons. The van der Waals surface area contributed by atoms with Gasteiger partial charge in [0.15, 0.2) is 0 Å². The maximum atomic E-state index is 13.0. The number of rotatable bonds is 0. The minimum Gasteiger partial charge on any atom is -0.299 e. The molecular weight excluding hydrogens is 260 g/mol. The van der Waals surface area contributed by atoms with Gasteiger partial charge in [-0.25, -0.2) is 0 Å². The highest BCUT2D eigenvalue weighted by Gasteiger charge is 2.77. The zero-order valence-electron chi connectivity index (χ0n) is 13.3. The van der Waals surface area contributed by atoms with Gasteiger partial charge in [0.1, 0.15) is 11.6 Å². The van der Waals surface area contributed by atoms with Gasteiger partial charge < -0.3 is 0 Å². The van der Waals surface area contributed by atoms with Gasteiger partial charge in [0.05, 0.1) is 0 Å². The monoisotopic (exact) mass is 286 g/mol. The first-order valence-electron chi connectivity index (χ1n) is 9.00. The van der Waals surface area contributed by atoms with E-state index in [1.807, 2.05) is 0 Å². The van der Waals surface area contributed by atoms with Gasteiger partial charge in [-0.2, -0.15) is 0 Å². The molecular formula is C19H26O2. The van der Waals surface area contributed by atoms with Crippen LogP contribution in [0.25, 0.3) is 0 Å². The van der Waals surface area contributed by atoms with E-state index in [1.165, 1.54) is 25.7 Å². The van der Waals surface area contributed by atoms with E-state index in [2.05, 4.69) is 13.8 Å². The number of hydrogen-bond donors (Lipinski definition) is 0. The lowest BCUT2D eigenvalue weighted by atomic mass is 9.46. The van der Waals surface area contributed by atoms with Crippen molar-refractivity contribution in [1.82, 2.24) is 0 Å². The van der Waals surface area contributed by atoms with Crippen molar-refractivity contribution < 1.29 is 9.59 Å². The number of carbonyl (C=O) groups is 2. The fraction of sp³-hybridized carbons (Fsp3) is 0.895.